The number of carbonyl (C=O) groups excluding carboxylic acids is 1. The van der Waals surface area contributed by atoms with Gasteiger partial charge in [-0.05, 0) is 35.7 Å². The largest absolute Gasteiger partial charge is 0.296 e. The Hall–Kier alpha value is -0.720. The van der Waals surface area contributed by atoms with E-state index in [0.29, 0.717) is 24.7 Å². The van der Waals surface area contributed by atoms with Crippen LogP contribution in [0.3, 0.4) is 0 Å². The van der Waals surface area contributed by atoms with Gasteiger partial charge < -0.3 is 0 Å². The first kappa shape index (κ1) is 14.2. The zero-order valence-electron chi connectivity index (χ0n) is 10.3. The van der Waals surface area contributed by atoms with E-state index < -0.39 is 0 Å². The van der Waals surface area contributed by atoms with Gasteiger partial charge in [-0.2, -0.15) is 4.98 Å². The van der Waals surface area contributed by atoms with Crippen LogP contribution in [0.1, 0.15) is 6.42 Å². The van der Waals surface area contributed by atoms with Crippen molar-refractivity contribution in [2.75, 3.05) is 16.8 Å². The van der Waals surface area contributed by atoms with E-state index in [1.54, 1.807) is 4.90 Å². The van der Waals surface area contributed by atoms with Gasteiger partial charge in [0.2, 0.25) is 11.2 Å². The molecular weight excluding hydrogens is 409 g/mol. The summed E-state index contributed by atoms with van der Waals surface area (Å²) in [6.07, 6.45) is 0.530. The predicted octanol–water partition coefficient (Wildman–Crippen LogP) is 3.79. The van der Waals surface area contributed by atoms with E-state index in [1.165, 1.54) is 0 Å². The maximum atomic E-state index is 12.2. The molecule has 1 atom stereocenters. The normalized spacial score (nSPS) is 19.1. The molecule has 1 aliphatic heterocycles. The van der Waals surface area contributed by atoms with Crippen molar-refractivity contribution in [3.05, 3.63) is 28.0 Å². The van der Waals surface area contributed by atoms with Crippen molar-refractivity contribution >= 4 is 66.1 Å². The van der Waals surface area contributed by atoms with E-state index in [1.807, 2.05) is 18.2 Å². The van der Waals surface area contributed by atoms with E-state index >= 15 is 0 Å². The topological polar surface area (TPSA) is 46.1 Å². The quantitative estimate of drug-likeness (QED) is 0.550. The molecule has 1 aliphatic rings. The number of rotatable bonds is 2. The molecule has 0 spiro atoms. The second kappa shape index (κ2) is 5.58. The van der Waals surface area contributed by atoms with Gasteiger partial charge in [0.1, 0.15) is 5.82 Å². The first-order chi connectivity index (χ1) is 9.58. The smallest absolute Gasteiger partial charge is 0.228 e. The van der Waals surface area contributed by atoms with Gasteiger partial charge in [0, 0.05) is 28.2 Å². The fourth-order valence-electron chi connectivity index (χ4n) is 2.35. The van der Waals surface area contributed by atoms with Crippen molar-refractivity contribution in [2.45, 2.75) is 6.42 Å². The van der Waals surface area contributed by atoms with Crippen molar-refractivity contribution in [2.24, 2.45) is 5.92 Å². The molecule has 0 saturated carbocycles. The second-order valence-electron chi connectivity index (χ2n) is 4.71. The van der Waals surface area contributed by atoms with Gasteiger partial charge in [0.05, 0.1) is 5.52 Å². The zero-order valence-corrected chi connectivity index (χ0v) is 14.2. The molecule has 0 N–H and O–H groups in total. The number of hydrogen-bond donors (Lipinski definition) is 0. The molecule has 2 aromatic rings. The fraction of sp³-hybridized carbons (Fsp3) is 0.308. The first-order valence-electron chi connectivity index (χ1n) is 6.07. The first-order valence-corrected chi connectivity index (χ1v) is 8.37. The molecule has 1 unspecified atom stereocenters. The van der Waals surface area contributed by atoms with Gasteiger partial charge in [-0.15, -0.1) is 0 Å². The molecule has 7 heteroatoms. The van der Waals surface area contributed by atoms with Gasteiger partial charge in [0.25, 0.3) is 0 Å². The highest BCUT2D eigenvalue weighted by molar-refractivity contribution is 9.10. The Morgan fingerprint density at radius 1 is 1.40 bits per heavy atom. The third-order valence-corrected chi connectivity index (χ3v) is 4.87. The summed E-state index contributed by atoms with van der Waals surface area (Å²) < 4.78 is 0.917. The summed E-state index contributed by atoms with van der Waals surface area (Å²) in [5.74, 6) is 0.971. The zero-order chi connectivity index (χ0) is 14.3. The second-order valence-corrected chi connectivity index (χ2v) is 6.61. The van der Waals surface area contributed by atoms with Gasteiger partial charge in [-0.3, -0.25) is 9.69 Å². The highest BCUT2D eigenvalue weighted by Crippen LogP contribution is 2.32. The van der Waals surface area contributed by atoms with E-state index in [4.69, 9.17) is 11.6 Å². The van der Waals surface area contributed by atoms with Crippen LogP contribution in [0.2, 0.25) is 5.28 Å². The minimum Gasteiger partial charge on any atom is -0.296 e. The van der Waals surface area contributed by atoms with E-state index in [-0.39, 0.29) is 11.2 Å². The summed E-state index contributed by atoms with van der Waals surface area (Å²) in [4.78, 5) is 22.3. The number of benzene rings is 1. The lowest BCUT2D eigenvalue weighted by atomic mass is 10.2. The van der Waals surface area contributed by atoms with Gasteiger partial charge in [-0.25, -0.2) is 4.98 Å². The molecule has 3 rings (SSSR count). The SMILES string of the molecule is O=C1CC(CBr)CN1c1nc(Cl)nc2ccc(Br)cc12. The minimum absolute atomic E-state index is 0.0745. The number of alkyl halides is 1. The Kier molecular flexibility index (Phi) is 3.97. The monoisotopic (exact) mass is 417 g/mol. The highest BCUT2D eigenvalue weighted by atomic mass is 79.9. The summed E-state index contributed by atoms with van der Waals surface area (Å²) in [5.41, 5.74) is 0.735. The van der Waals surface area contributed by atoms with Crippen LogP contribution in [0, 0.1) is 5.92 Å². The number of anilines is 1. The summed E-state index contributed by atoms with van der Waals surface area (Å²) in [6, 6.07) is 5.66. The van der Waals surface area contributed by atoms with Gasteiger partial charge in [-0.1, -0.05) is 31.9 Å². The Morgan fingerprint density at radius 3 is 2.90 bits per heavy atom. The number of carbonyl (C=O) groups is 1. The van der Waals surface area contributed by atoms with Crippen molar-refractivity contribution in [3.63, 3.8) is 0 Å². The number of amides is 1. The predicted molar refractivity (Wildman–Crippen MR) is 86.5 cm³/mol. The molecule has 1 aromatic heterocycles. The molecule has 1 fully saturated rings. The van der Waals surface area contributed by atoms with Crippen LogP contribution >= 0.6 is 43.5 Å². The Labute approximate surface area is 137 Å². The molecule has 4 nitrogen and oxygen atoms in total. The van der Waals surface area contributed by atoms with E-state index in [0.717, 1.165) is 20.7 Å². The van der Waals surface area contributed by atoms with Crippen LogP contribution in [0.15, 0.2) is 22.7 Å². The lowest BCUT2D eigenvalue weighted by Crippen LogP contribution is -2.26. The molecule has 0 radical (unpaired) electrons. The molecule has 20 heavy (non-hydrogen) atoms. The maximum Gasteiger partial charge on any atom is 0.228 e. The van der Waals surface area contributed by atoms with Crippen LogP contribution in [-0.4, -0.2) is 27.7 Å². The molecule has 0 aliphatic carbocycles. The van der Waals surface area contributed by atoms with Crippen LogP contribution < -0.4 is 4.90 Å². The standard InChI is InChI=1S/C13H10Br2ClN3O/c14-5-7-3-11(20)19(6-7)12-9-4-8(15)1-2-10(9)17-13(16)18-12/h1-2,4,7H,3,5-6H2. The van der Waals surface area contributed by atoms with E-state index in [9.17, 15) is 4.79 Å². The molecule has 1 aromatic carbocycles. The third kappa shape index (κ3) is 2.56. The van der Waals surface area contributed by atoms with Crippen LogP contribution in [0.4, 0.5) is 5.82 Å². The Bertz CT molecular complexity index is 695. The van der Waals surface area contributed by atoms with Gasteiger partial charge >= 0.3 is 0 Å². The van der Waals surface area contributed by atoms with Crippen LogP contribution in [-0.2, 0) is 4.79 Å². The molecule has 1 amide bonds. The lowest BCUT2D eigenvalue weighted by molar-refractivity contribution is -0.117. The van der Waals surface area contributed by atoms with E-state index in [2.05, 4.69) is 41.8 Å². The maximum absolute atomic E-state index is 12.2. The Morgan fingerprint density at radius 2 is 2.20 bits per heavy atom. The molecule has 0 bridgehead atoms. The third-order valence-electron chi connectivity index (χ3n) is 3.29. The van der Waals surface area contributed by atoms with Crippen molar-refractivity contribution in [3.8, 4) is 0 Å². The highest BCUT2D eigenvalue weighted by Gasteiger charge is 2.32. The number of fused-ring (bicyclic) bond motifs is 1. The molecule has 1 saturated heterocycles. The lowest BCUT2D eigenvalue weighted by Gasteiger charge is -2.17. The molecular formula is C13H10Br2ClN3O. The average Bonchev–Trinajstić information content (AvgIpc) is 2.79. The van der Waals surface area contributed by atoms with Crippen molar-refractivity contribution < 1.29 is 4.79 Å². The number of halogens is 3. The number of nitrogens with zero attached hydrogens (tertiary/aromatic N) is 3. The summed E-state index contributed by atoms with van der Waals surface area (Å²) in [5, 5.41) is 1.78. The van der Waals surface area contributed by atoms with Crippen molar-refractivity contribution in [1.29, 1.82) is 0 Å². The Balaban J connectivity index is 2.15. The summed E-state index contributed by atoms with van der Waals surface area (Å²) >= 11 is 12.8. The molecule has 104 valence electrons. The van der Waals surface area contributed by atoms with Crippen molar-refractivity contribution in [1.82, 2.24) is 9.97 Å². The minimum atomic E-state index is 0.0745. The van der Waals surface area contributed by atoms with Crippen LogP contribution in [0.5, 0.6) is 0 Å². The summed E-state index contributed by atoms with van der Waals surface area (Å²) in [7, 11) is 0. The number of hydrogen-bond acceptors (Lipinski definition) is 3. The molecule has 2 heterocycles. The number of aromatic nitrogens is 2. The van der Waals surface area contributed by atoms with Crippen LogP contribution in [0.25, 0.3) is 10.9 Å². The summed E-state index contributed by atoms with van der Waals surface area (Å²) in [6.45, 7) is 0.652. The fourth-order valence-corrected chi connectivity index (χ4v) is 3.32. The van der Waals surface area contributed by atoms with Gasteiger partial charge in [0.15, 0.2) is 0 Å². The average molecular weight is 420 g/mol.